The van der Waals surface area contributed by atoms with Gasteiger partial charge in [0.1, 0.15) is 5.58 Å². The first-order chi connectivity index (χ1) is 12.0. The van der Waals surface area contributed by atoms with Gasteiger partial charge in [-0.25, -0.2) is 0 Å². The Labute approximate surface area is 166 Å². The molecule has 26 heavy (non-hydrogen) atoms. The Hall–Kier alpha value is -1.82. The van der Waals surface area contributed by atoms with Crippen LogP contribution in [-0.4, -0.2) is 29.9 Å². The maximum absolute atomic E-state index is 13.0. The molecule has 0 radical (unpaired) electrons. The molecule has 4 nitrogen and oxygen atoms in total. The van der Waals surface area contributed by atoms with Gasteiger partial charge in [-0.2, -0.15) is 0 Å². The molecule has 0 spiro atoms. The number of aryl methyl sites for hydroxylation is 1. The van der Waals surface area contributed by atoms with Crippen LogP contribution in [0.5, 0.6) is 0 Å². The Balaban J connectivity index is 0.00000196. The minimum Gasteiger partial charge on any atom is -0.451 e. The van der Waals surface area contributed by atoms with Crippen LogP contribution in [0.4, 0.5) is 0 Å². The molecule has 1 aliphatic heterocycles. The summed E-state index contributed by atoms with van der Waals surface area (Å²) >= 11 is 3.47. The summed E-state index contributed by atoms with van der Waals surface area (Å²) < 4.78 is 6.82. The number of furan rings is 1. The van der Waals surface area contributed by atoms with Crippen molar-refractivity contribution in [1.29, 1.82) is 0 Å². The van der Waals surface area contributed by atoms with Crippen molar-refractivity contribution in [1.82, 2.24) is 4.90 Å². The number of amides is 1. The Kier molecular flexibility index (Phi) is 5.42. The normalized spacial score (nSPS) is 19.6. The van der Waals surface area contributed by atoms with E-state index < -0.39 is 0 Å². The van der Waals surface area contributed by atoms with Gasteiger partial charge < -0.3 is 15.1 Å². The van der Waals surface area contributed by atoms with E-state index in [0.29, 0.717) is 18.8 Å². The van der Waals surface area contributed by atoms with E-state index in [4.69, 9.17) is 10.2 Å². The van der Waals surface area contributed by atoms with E-state index >= 15 is 0 Å². The highest BCUT2D eigenvalue weighted by atomic mass is 79.9. The number of hydrogen-bond donors (Lipinski definition) is 1. The highest BCUT2D eigenvalue weighted by molar-refractivity contribution is 9.10. The molecule has 1 saturated heterocycles. The van der Waals surface area contributed by atoms with Crippen LogP contribution in [0, 0.1) is 6.92 Å². The molecule has 1 amide bonds. The lowest BCUT2D eigenvalue weighted by atomic mass is 9.95. The first-order valence-corrected chi connectivity index (χ1v) is 9.12. The van der Waals surface area contributed by atoms with Crippen molar-refractivity contribution < 1.29 is 9.21 Å². The van der Waals surface area contributed by atoms with Crippen LogP contribution in [0.2, 0.25) is 0 Å². The van der Waals surface area contributed by atoms with Crippen LogP contribution in [0.25, 0.3) is 11.0 Å². The summed E-state index contributed by atoms with van der Waals surface area (Å²) in [7, 11) is 0. The third kappa shape index (κ3) is 3.27. The first-order valence-electron chi connectivity index (χ1n) is 8.33. The predicted molar refractivity (Wildman–Crippen MR) is 109 cm³/mol. The van der Waals surface area contributed by atoms with Gasteiger partial charge in [0.2, 0.25) is 0 Å². The lowest BCUT2D eigenvalue weighted by Gasteiger charge is -2.15. The molecule has 0 aliphatic carbocycles. The zero-order valence-electron chi connectivity index (χ0n) is 14.3. The molecule has 1 aliphatic rings. The second-order valence-electron chi connectivity index (χ2n) is 6.59. The Morgan fingerprint density at radius 1 is 1.19 bits per heavy atom. The van der Waals surface area contributed by atoms with Crippen molar-refractivity contribution in [2.24, 2.45) is 5.73 Å². The molecule has 2 heterocycles. The van der Waals surface area contributed by atoms with Crippen molar-refractivity contribution in [3.8, 4) is 0 Å². The van der Waals surface area contributed by atoms with Gasteiger partial charge in [-0.3, -0.25) is 4.79 Å². The predicted octanol–water partition coefficient (Wildman–Crippen LogP) is 4.49. The molecule has 0 saturated carbocycles. The molecule has 2 N–H and O–H groups in total. The zero-order valence-corrected chi connectivity index (χ0v) is 16.7. The smallest absolute Gasteiger partial charge is 0.289 e. The molecule has 3 aromatic rings. The molecule has 0 bridgehead atoms. The Morgan fingerprint density at radius 3 is 2.65 bits per heavy atom. The number of fused-ring (bicyclic) bond motifs is 1. The fraction of sp³-hybridized carbons (Fsp3) is 0.250. The number of rotatable bonds is 2. The maximum Gasteiger partial charge on any atom is 0.289 e. The number of carbonyl (C=O) groups is 1. The number of likely N-dealkylation sites (tertiary alicyclic amines) is 1. The van der Waals surface area contributed by atoms with Crippen LogP contribution < -0.4 is 5.73 Å². The highest BCUT2D eigenvalue weighted by Gasteiger charge is 2.36. The zero-order chi connectivity index (χ0) is 17.6. The van der Waals surface area contributed by atoms with Gasteiger partial charge in [-0.05, 0) is 30.7 Å². The van der Waals surface area contributed by atoms with Gasteiger partial charge in [0.05, 0.1) is 0 Å². The van der Waals surface area contributed by atoms with Crippen molar-refractivity contribution in [2.45, 2.75) is 18.9 Å². The van der Waals surface area contributed by atoms with Gasteiger partial charge in [-0.15, -0.1) is 12.4 Å². The SMILES string of the molecule is Cc1c(C(=O)N2C[C@@H](N)[C@H](c3ccccc3)C2)oc2ccc(Br)cc12.Cl. The summed E-state index contributed by atoms with van der Waals surface area (Å²) in [6.07, 6.45) is 0. The van der Waals surface area contributed by atoms with Crippen LogP contribution in [0.1, 0.15) is 27.6 Å². The third-order valence-electron chi connectivity index (χ3n) is 4.97. The first kappa shape index (κ1) is 19.0. The summed E-state index contributed by atoms with van der Waals surface area (Å²) in [5.74, 6) is 0.483. The van der Waals surface area contributed by atoms with E-state index in [1.165, 1.54) is 5.56 Å². The van der Waals surface area contributed by atoms with E-state index in [9.17, 15) is 4.79 Å². The maximum atomic E-state index is 13.0. The van der Waals surface area contributed by atoms with Crippen LogP contribution in [0.3, 0.4) is 0 Å². The number of carbonyl (C=O) groups excluding carboxylic acids is 1. The molecular weight excluding hydrogens is 416 g/mol. The highest BCUT2D eigenvalue weighted by Crippen LogP contribution is 2.32. The summed E-state index contributed by atoms with van der Waals surface area (Å²) in [4.78, 5) is 14.8. The lowest BCUT2D eigenvalue weighted by molar-refractivity contribution is 0.0759. The fourth-order valence-corrected chi connectivity index (χ4v) is 3.95. The summed E-state index contributed by atoms with van der Waals surface area (Å²) in [6.45, 7) is 3.08. The van der Waals surface area contributed by atoms with E-state index in [-0.39, 0.29) is 30.3 Å². The van der Waals surface area contributed by atoms with Gasteiger partial charge >= 0.3 is 0 Å². The van der Waals surface area contributed by atoms with Crippen molar-refractivity contribution in [2.75, 3.05) is 13.1 Å². The van der Waals surface area contributed by atoms with Crippen LogP contribution in [0.15, 0.2) is 57.4 Å². The molecule has 1 aromatic heterocycles. The average molecular weight is 436 g/mol. The average Bonchev–Trinajstić information content (AvgIpc) is 3.16. The van der Waals surface area contributed by atoms with E-state index in [2.05, 4.69) is 28.1 Å². The number of halogens is 2. The van der Waals surface area contributed by atoms with Crippen molar-refractivity contribution in [3.63, 3.8) is 0 Å². The largest absolute Gasteiger partial charge is 0.451 e. The molecular formula is C20H20BrClN2O2. The number of hydrogen-bond acceptors (Lipinski definition) is 3. The Bertz CT molecular complexity index is 942. The van der Waals surface area contributed by atoms with Gasteiger partial charge in [0, 0.05) is 40.5 Å². The Morgan fingerprint density at radius 2 is 1.92 bits per heavy atom. The van der Waals surface area contributed by atoms with Gasteiger partial charge in [0.25, 0.3) is 5.91 Å². The molecule has 1 fully saturated rings. The van der Waals surface area contributed by atoms with Crippen molar-refractivity contribution in [3.05, 3.63) is 69.9 Å². The van der Waals surface area contributed by atoms with E-state index in [0.717, 1.165) is 21.0 Å². The third-order valence-corrected chi connectivity index (χ3v) is 5.47. The second-order valence-corrected chi connectivity index (χ2v) is 7.50. The minimum atomic E-state index is -0.0845. The van der Waals surface area contributed by atoms with Crippen molar-refractivity contribution >= 4 is 45.2 Å². The number of nitrogens with two attached hydrogens (primary N) is 1. The van der Waals surface area contributed by atoms with E-state index in [1.54, 1.807) is 0 Å². The van der Waals surface area contributed by atoms with Crippen LogP contribution in [-0.2, 0) is 0 Å². The molecule has 2 aromatic carbocycles. The van der Waals surface area contributed by atoms with Gasteiger partial charge in [0.15, 0.2) is 5.76 Å². The van der Waals surface area contributed by atoms with E-state index in [1.807, 2.05) is 48.2 Å². The van der Waals surface area contributed by atoms with Crippen LogP contribution >= 0.6 is 28.3 Å². The summed E-state index contributed by atoms with van der Waals surface area (Å²) in [5, 5.41) is 0.959. The molecule has 2 atom stereocenters. The monoisotopic (exact) mass is 434 g/mol. The quantitative estimate of drug-likeness (QED) is 0.645. The standard InChI is InChI=1S/C20H19BrN2O2.ClH/c1-12-15-9-14(21)7-8-18(15)25-19(12)20(24)23-10-16(17(22)11-23)13-5-3-2-4-6-13;/h2-9,16-17H,10-11,22H2,1H3;1H/t16-,17+;/m0./s1. The molecule has 6 heteroatoms. The minimum absolute atomic E-state index is 0. The van der Waals surface area contributed by atoms with Gasteiger partial charge in [-0.1, -0.05) is 46.3 Å². The number of nitrogens with zero attached hydrogens (tertiary/aromatic N) is 1. The summed E-state index contributed by atoms with van der Waals surface area (Å²) in [6, 6.07) is 15.9. The lowest BCUT2D eigenvalue weighted by Crippen LogP contribution is -2.32. The molecule has 136 valence electrons. The second kappa shape index (κ2) is 7.43. The number of benzene rings is 2. The molecule has 0 unspecified atom stereocenters. The molecule has 4 rings (SSSR count). The topological polar surface area (TPSA) is 59.5 Å². The fourth-order valence-electron chi connectivity index (χ4n) is 3.59. The summed E-state index contributed by atoms with van der Waals surface area (Å²) in [5.41, 5.74) is 9.10.